The van der Waals surface area contributed by atoms with E-state index in [0.29, 0.717) is 6.61 Å². The standard InChI is InChI=1S/C22H26N4O/c1-3-27-24-17(2)19-9-10-22-21(14-19)23-16-26(22)20-8-6-7-18(13-20)15-25-11-4-5-12-25/h6-10,13-14,16H,3-5,11-12,15H2,1-2H3. The lowest BCUT2D eigenvalue weighted by Gasteiger charge is -2.15. The second kappa shape index (κ2) is 7.92. The van der Waals surface area contributed by atoms with Crippen LogP contribution in [0.1, 0.15) is 37.8 Å². The van der Waals surface area contributed by atoms with E-state index in [2.05, 4.69) is 62.1 Å². The summed E-state index contributed by atoms with van der Waals surface area (Å²) in [6.07, 6.45) is 4.54. The highest BCUT2D eigenvalue weighted by molar-refractivity contribution is 6.00. The van der Waals surface area contributed by atoms with Gasteiger partial charge in [0.05, 0.1) is 16.7 Å². The Labute approximate surface area is 160 Å². The average Bonchev–Trinajstić information content (AvgIpc) is 3.35. The zero-order valence-electron chi connectivity index (χ0n) is 16.1. The molecule has 0 unspecified atom stereocenters. The monoisotopic (exact) mass is 362 g/mol. The Morgan fingerprint density at radius 2 is 2.00 bits per heavy atom. The highest BCUT2D eigenvalue weighted by Gasteiger charge is 2.13. The topological polar surface area (TPSA) is 42.7 Å². The molecule has 1 fully saturated rings. The van der Waals surface area contributed by atoms with Crippen molar-refractivity contribution in [2.45, 2.75) is 33.2 Å². The van der Waals surface area contributed by atoms with Crippen LogP contribution >= 0.6 is 0 Å². The van der Waals surface area contributed by atoms with Crippen molar-refractivity contribution in [3.63, 3.8) is 0 Å². The molecule has 5 heteroatoms. The van der Waals surface area contributed by atoms with Crippen LogP contribution in [0.3, 0.4) is 0 Å². The summed E-state index contributed by atoms with van der Waals surface area (Å²) in [7, 11) is 0. The number of aromatic nitrogens is 2. The van der Waals surface area contributed by atoms with E-state index in [1.54, 1.807) is 0 Å². The molecule has 1 saturated heterocycles. The molecule has 1 aliphatic rings. The molecule has 140 valence electrons. The normalized spacial score (nSPS) is 15.6. The molecule has 2 heterocycles. The van der Waals surface area contributed by atoms with Gasteiger partial charge in [-0.2, -0.15) is 0 Å². The van der Waals surface area contributed by atoms with E-state index in [-0.39, 0.29) is 0 Å². The van der Waals surface area contributed by atoms with E-state index in [0.717, 1.165) is 34.5 Å². The first-order valence-corrected chi connectivity index (χ1v) is 9.70. The van der Waals surface area contributed by atoms with Gasteiger partial charge >= 0.3 is 0 Å². The van der Waals surface area contributed by atoms with E-state index in [1.165, 1.54) is 31.5 Å². The van der Waals surface area contributed by atoms with Crippen molar-refractivity contribution in [1.82, 2.24) is 14.5 Å². The van der Waals surface area contributed by atoms with Crippen LogP contribution in [-0.4, -0.2) is 39.9 Å². The zero-order valence-corrected chi connectivity index (χ0v) is 16.1. The summed E-state index contributed by atoms with van der Waals surface area (Å²) >= 11 is 0. The molecule has 0 radical (unpaired) electrons. The third-order valence-corrected chi connectivity index (χ3v) is 5.09. The Bertz CT molecular complexity index is 954. The van der Waals surface area contributed by atoms with E-state index >= 15 is 0 Å². The van der Waals surface area contributed by atoms with E-state index in [4.69, 9.17) is 4.84 Å². The summed E-state index contributed by atoms with van der Waals surface area (Å²) in [6, 6.07) is 15.0. The minimum atomic E-state index is 0.571. The minimum Gasteiger partial charge on any atom is -0.396 e. The number of benzene rings is 2. The lowest BCUT2D eigenvalue weighted by Crippen LogP contribution is -2.18. The van der Waals surface area contributed by atoms with Gasteiger partial charge in [-0.3, -0.25) is 9.47 Å². The molecule has 3 aromatic rings. The molecular formula is C22H26N4O. The number of likely N-dealkylation sites (tertiary alicyclic amines) is 1. The molecule has 0 spiro atoms. The highest BCUT2D eigenvalue weighted by Crippen LogP contribution is 2.22. The molecule has 1 aromatic heterocycles. The van der Waals surface area contributed by atoms with Crippen molar-refractivity contribution in [1.29, 1.82) is 0 Å². The van der Waals surface area contributed by atoms with Crippen molar-refractivity contribution in [3.8, 4) is 5.69 Å². The molecule has 0 atom stereocenters. The summed E-state index contributed by atoms with van der Waals surface area (Å²) in [5.74, 6) is 0. The Kier molecular flexibility index (Phi) is 5.21. The maximum absolute atomic E-state index is 5.16. The van der Waals surface area contributed by atoms with Crippen molar-refractivity contribution in [2.24, 2.45) is 5.16 Å². The van der Waals surface area contributed by atoms with Gasteiger partial charge in [0.1, 0.15) is 12.9 Å². The first-order valence-electron chi connectivity index (χ1n) is 9.70. The van der Waals surface area contributed by atoms with Crippen molar-refractivity contribution < 1.29 is 4.84 Å². The van der Waals surface area contributed by atoms with Gasteiger partial charge in [-0.25, -0.2) is 4.98 Å². The van der Waals surface area contributed by atoms with E-state index in [1.807, 2.05) is 20.2 Å². The van der Waals surface area contributed by atoms with Gasteiger partial charge in [0, 0.05) is 17.8 Å². The molecule has 4 rings (SSSR count). The number of nitrogens with zero attached hydrogens (tertiary/aromatic N) is 4. The fourth-order valence-corrected chi connectivity index (χ4v) is 3.66. The average molecular weight is 362 g/mol. The van der Waals surface area contributed by atoms with E-state index in [9.17, 15) is 0 Å². The Morgan fingerprint density at radius 1 is 1.15 bits per heavy atom. The first-order chi connectivity index (χ1) is 13.2. The van der Waals surface area contributed by atoms with Gasteiger partial charge in [0.15, 0.2) is 0 Å². The zero-order chi connectivity index (χ0) is 18.6. The highest BCUT2D eigenvalue weighted by atomic mass is 16.6. The quantitative estimate of drug-likeness (QED) is 0.483. The van der Waals surface area contributed by atoms with Crippen molar-refractivity contribution in [3.05, 3.63) is 59.9 Å². The predicted molar refractivity (Wildman–Crippen MR) is 109 cm³/mol. The van der Waals surface area contributed by atoms with Gasteiger partial charge in [-0.05, 0) is 69.6 Å². The van der Waals surface area contributed by atoms with Gasteiger partial charge in [0.25, 0.3) is 0 Å². The fourth-order valence-electron chi connectivity index (χ4n) is 3.66. The second-order valence-corrected chi connectivity index (χ2v) is 7.07. The van der Waals surface area contributed by atoms with Crippen LogP contribution in [0.4, 0.5) is 0 Å². The van der Waals surface area contributed by atoms with Crippen molar-refractivity contribution in [2.75, 3.05) is 19.7 Å². The van der Waals surface area contributed by atoms with Crippen LogP contribution < -0.4 is 0 Å². The number of imidazole rings is 1. The summed E-state index contributed by atoms with van der Waals surface area (Å²) in [6.45, 7) is 7.90. The summed E-state index contributed by atoms with van der Waals surface area (Å²) in [4.78, 5) is 12.3. The Hall–Kier alpha value is -2.66. The van der Waals surface area contributed by atoms with Crippen LogP contribution in [0, 0.1) is 0 Å². The van der Waals surface area contributed by atoms with Gasteiger partial charge in [-0.1, -0.05) is 23.4 Å². The van der Waals surface area contributed by atoms with Crippen LogP contribution in [-0.2, 0) is 11.4 Å². The summed E-state index contributed by atoms with van der Waals surface area (Å²) in [5, 5.41) is 4.12. The fraction of sp³-hybridized carbons (Fsp3) is 0.364. The second-order valence-electron chi connectivity index (χ2n) is 7.07. The number of fused-ring (bicyclic) bond motifs is 1. The summed E-state index contributed by atoms with van der Waals surface area (Å²) < 4.78 is 2.15. The van der Waals surface area contributed by atoms with Gasteiger partial charge in [-0.15, -0.1) is 0 Å². The van der Waals surface area contributed by atoms with Gasteiger partial charge < -0.3 is 4.84 Å². The molecule has 2 aromatic carbocycles. The number of hydrogen-bond acceptors (Lipinski definition) is 4. The third-order valence-electron chi connectivity index (χ3n) is 5.09. The lowest BCUT2D eigenvalue weighted by atomic mass is 10.1. The van der Waals surface area contributed by atoms with Crippen LogP contribution in [0.2, 0.25) is 0 Å². The van der Waals surface area contributed by atoms with E-state index < -0.39 is 0 Å². The molecule has 1 aliphatic heterocycles. The maximum atomic E-state index is 5.16. The lowest BCUT2D eigenvalue weighted by molar-refractivity contribution is 0.159. The number of hydrogen-bond donors (Lipinski definition) is 0. The largest absolute Gasteiger partial charge is 0.396 e. The smallest absolute Gasteiger partial charge is 0.114 e. The molecule has 0 N–H and O–H groups in total. The predicted octanol–water partition coefficient (Wildman–Crippen LogP) is 4.38. The molecule has 0 bridgehead atoms. The summed E-state index contributed by atoms with van der Waals surface area (Å²) in [5.41, 5.74) is 6.46. The van der Waals surface area contributed by atoms with Crippen LogP contribution in [0.25, 0.3) is 16.7 Å². The molecule has 0 aliphatic carbocycles. The SMILES string of the molecule is CCON=C(C)c1ccc2c(c1)ncn2-c1cccc(CN2CCCC2)c1. The Balaban J connectivity index is 1.62. The molecular weight excluding hydrogens is 336 g/mol. The molecule has 5 nitrogen and oxygen atoms in total. The molecule has 0 saturated carbocycles. The Morgan fingerprint density at radius 3 is 2.81 bits per heavy atom. The van der Waals surface area contributed by atoms with Crippen LogP contribution in [0.15, 0.2) is 53.9 Å². The molecule has 27 heavy (non-hydrogen) atoms. The maximum Gasteiger partial charge on any atom is 0.114 e. The third kappa shape index (κ3) is 3.88. The number of rotatable bonds is 6. The van der Waals surface area contributed by atoms with Crippen molar-refractivity contribution >= 4 is 16.7 Å². The molecule has 0 amide bonds. The van der Waals surface area contributed by atoms with Crippen LogP contribution in [0.5, 0.6) is 0 Å². The number of oxime groups is 1. The van der Waals surface area contributed by atoms with Gasteiger partial charge in [0.2, 0.25) is 0 Å². The first kappa shape index (κ1) is 17.7. The minimum absolute atomic E-state index is 0.571.